The number of hydrogen-bond acceptors (Lipinski definition) is 3. The van der Waals surface area contributed by atoms with Crippen LogP contribution < -0.4 is 5.73 Å². The van der Waals surface area contributed by atoms with E-state index in [9.17, 15) is 5.11 Å². The normalized spacial score (nSPS) is 36.5. The molecule has 0 aromatic rings. The predicted octanol–water partition coefficient (Wildman–Crippen LogP) is 2.62. The van der Waals surface area contributed by atoms with Crippen LogP contribution in [0.25, 0.3) is 0 Å². The second kappa shape index (κ2) is 7.77. The van der Waals surface area contributed by atoms with E-state index in [1.165, 1.54) is 44.9 Å². The minimum absolute atomic E-state index is 0.281. The maximum atomic E-state index is 9.40. The van der Waals surface area contributed by atoms with Crippen LogP contribution in [0.5, 0.6) is 0 Å². The number of hydrogen-bond donors (Lipinski definition) is 2. The quantitative estimate of drug-likeness (QED) is 0.815. The molecule has 3 heteroatoms. The fourth-order valence-corrected chi connectivity index (χ4v) is 4.55. The molecule has 0 saturated heterocycles. The van der Waals surface area contributed by atoms with E-state index in [-0.39, 0.29) is 6.61 Å². The Labute approximate surface area is 124 Å². The lowest BCUT2D eigenvalue weighted by molar-refractivity contribution is 0.0649. The summed E-state index contributed by atoms with van der Waals surface area (Å²) in [5, 5.41) is 9.40. The van der Waals surface area contributed by atoms with Crippen molar-refractivity contribution in [2.45, 2.75) is 70.9 Å². The molecule has 2 aliphatic carbocycles. The average Bonchev–Trinajstić information content (AvgIpc) is 2.42. The van der Waals surface area contributed by atoms with E-state index in [2.05, 4.69) is 18.7 Å². The summed E-state index contributed by atoms with van der Waals surface area (Å²) < 4.78 is 0. The highest BCUT2D eigenvalue weighted by molar-refractivity contribution is 4.89. The maximum Gasteiger partial charge on any atom is 0.0558 e. The second-order valence-corrected chi connectivity index (χ2v) is 7.39. The third-order valence-corrected chi connectivity index (χ3v) is 5.65. The van der Waals surface area contributed by atoms with Crippen LogP contribution in [0.1, 0.15) is 58.8 Å². The summed E-state index contributed by atoms with van der Waals surface area (Å²) in [7, 11) is 0. The summed E-state index contributed by atoms with van der Waals surface area (Å²) >= 11 is 0. The monoisotopic (exact) mass is 282 g/mol. The van der Waals surface area contributed by atoms with Gasteiger partial charge in [0.15, 0.2) is 0 Å². The van der Waals surface area contributed by atoms with Gasteiger partial charge in [-0.05, 0) is 43.4 Å². The highest BCUT2D eigenvalue weighted by Crippen LogP contribution is 2.34. The molecule has 0 spiro atoms. The van der Waals surface area contributed by atoms with Crippen LogP contribution in [-0.2, 0) is 0 Å². The topological polar surface area (TPSA) is 49.5 Å². The largest absolute Gasteiger partial charge is 0.395 e. The van der Waals surface area contributed by atoms with Crippen LogP contribution in [0.4, 0.5) is 0 Å². The number of nitrogens with two attached hydrogens (primary N) is 1. The van der Waals surface area contributed by atoms with Crippen LogP contribution in [0.3, 0.4) is 0 Å². The zero-order chi connectivity index (χ0) is 14.5. The van der Waals surface area contributed by atoms with Crippen molar-refractivity contribution in [3.05, 3.63) is 0 Å². The molecule has 0 bridgehead atoms. The van der Waals surface area contributed by atoms with Gasteiger partial charge in [0, 0.05) is 25.2 Å². The van der Waals surface area contributed by atoms with E-state index < -0.39 is 0 Å². The van der Waals surface area contributed by atoms with E-state index in [1.54, 1.807) is 0 Å². The molecule has 3 nitrogen and oxygen atoms in total. The Hall–Kier alpha value is -0.120. The van der Waals surface area contributed by atoms with Gasteiger partial charge in [-0.3, -0.25) is 4.90 Å². The average molecular weight is 282 g/mol. The number of nitrogens with zero attached hydrogens (tertiary/aromatic N) is 1. The molecule has 4 unspecified atom stereocenters. The lowest BCUT2D eigenvalue weighted by Crippen LogP contribution is -2.50. The molecule has 0 aromatic heterocycles. The van der Waals surface area contributed by atoms with Gasteiger partial charge >= 0.3 is 0 Å². The second-order valence-electron chi connectivity index (χ2n) is 7.39. The molecule has 2 fully saturated rings. The Morgan fingerprint density at radius 1 is 1.10 bits per heavy atom. The molecule has 2 aliphatic rings. The van der Waals surface area contributed by atoms with Crippen molar-refractivity contribution in [2.24, 2.45) is 23.5 Å². The lowest BCUT2D eigenvalue weighted by atomic mass is 9.72. The molecule has 4 atom stereocenters. The fourth-order valence-electron chi connectivity index (χ4n) is 4.55. The van der Waals surface area contributed by atoms with Crippen LogP contribution in [0.15, 0.2) is 0 Å². The SMILES string of the molecule is CC1CC(C)C(CN(CCO)C2CCCCC2)C(N)C1. The number of aliphatic hydroxyl groups excluding tert-OH is 1. The van der Waals surface area contributed by atoms with Crippen molar-refractivity contribution in [1.82, 2.24) is 4.90 Å². The summed E-state index contributed by atoms with van der Waals surface area (Å²) in [6.07, 6.45) is 9.22. The maximum absolute atomic E-state index is 9.40. The van der Waals surface area contributed by atoms with Crippen molar-refractivity contribution < 1.29 is 5.11 Å². The molecule has 118 valence electrons. The van der Waals surface area contributed by atoms with Gasteiger partial charge in [-0.2, -0.15) is 0 Å². The molecular formula is C17H34N2O. The van der Waals surface area contributed by atoms with Crippen LogP contribution in [0.2, 0.25) is 0 Å². The van der Waals surface area contributed by atoms with E-state index >= 15 is 0 Å². The van der Waals surface area contributed by atoms with Crippen molar-refractivity contribution in [1.29, 1.82) is 0 Å². The van der Waals surface area contributed by atoms with E-state index in [4.69, 9.17) is 5.73 Å². The molecule has 0 amide bonds. The zero-order valence-corrected chi connectivity index (χ0v) is 13.4. The van der Waals surface area contributed by atoms with E-state index in [0.717, 1.165) is 24.9 Å². The van der Waals surface area contributed by atoms with Crippen molar-refractivity contribution >= 4 is 0 Å². The molecule has 20 heavy (non-hydrogen) atoms. The minimum Gasteiger partial charge on any atom is -0.395 e. The molecule has 2 rings (SSSR count). The van der Waals surface area contributed by atoms with E-state index in [1.807, 2.05) is 0 Å². The van der Waals surface area contributed by atoms with Gasteiger partial charge in [-0.15, -0.1) is 0 Å². The van der Waals surface area contributed by atoms with Crippen LogP contribution >= 0.6 is 0 Å². The summed E-state index contributed by atoms with van der Waals surface area (Å²) in [4.78, 5) is 2.55. The van der Waals surface area contributed by atoms with Gasteiger partial charge in [0.25, 0.3) is 0 Å². The Morgan fingerprint density at radius 2 is 1.80 bits per heavy atom. The smallest absolute Gasteiger partial charge is 0.0558 e. The Balaban J connectivity index is 1.95. The number of rotatable bonds is 5. The summed E-state index contributed by atoms with van der Waals surface area (Å²) in [6, 6.07) is 1.04. The standard InChI is InChI=1S/C17H34N2O/c1-13-10-14(2)16(17(18)11-13)12-19(8-9-20)15-6-4-3-5-7-15/h13-17,20H,3-12,18H2,1-2H3. The van der Waals surface area contributed by atoms with Gasteiger partial charge < -0.3 is 10.8 Å². The van der Waals surface area contributed by atoms with Crippen molar-refractivity contribution in [3.63, 3.8) is 0 Å². The Bertz CT molecular complexity index is 266. The van der Waals surface area contributed by atoms with Crippen molar-refractivity contribution in [3.8, 4) is 0 Å². The molecule has 3 N–H and O–H groups in total. The molecule has 2 saturated carbocycles. The van der Waals surface area contributed by atoms with Crippen LogP contribution in [-0.4, -0.2) is 41.8 Å². The minimum atomic E-state index is 0.281. The molecule has 0 aromatic carbocycles. The van der Waals surface area contributed by atoms with Gasteiger partial charge in [0.2, 0.25) is 0 Å². The van der Waals surface area contributed by atoms with Gasteiger partial charge in [0.1, 0.15) is 0 Å². The van der Waals surface area contributed by atoms with Gasteiger partial charge in [0.05, 0.1) is 6.61 Å². The third-order valence-electron chi connectivity index (χ3n) is 5.65. The van der Waals surface area contributed by atoms with Gasteiger partial charge in [-0.1, -0.05) is 33.1 Å². The fraction of sp³-hybridized carbons (Fsp3) is 1.00. The first kappa shape index (κ1) is 16.3. The third kappa shape index (κ3) is 4.19. The molecule has 0 radical (unpaired) electrons. The van der Waals surface area contributed by atoms with Gasteiger partial charge in [-0.25, -0.2) is 0 Å². The number of aliphatic hydroxyl groups is 1. The lowest BCUT2D eigenvalue weighted by Gasteiger charge is -2.43. The first-order valence-corrected chi connectivity index (χ1v) is 8.72. The molecule has 0 heterocycles. The van der Waals surface area contributed by atoms with Crippen LogP contribution in [0, 0.1) is 17.8 Å². The predicted molar refractivity (Wildman–Crippen MR) is 84.6 cm³/mol. The summed E-state index contributed by atoms with van der Waals surface area (Å²) in [6.45, 7) is 6.91. The highest BCUT2D eigenvalue weighted by atomic mass is 16.3. The Kier molecular flexibility index (Phi) is 6.31. The summed E-state index contributed by atoms with van der Waals surface area (Å²) in [5.74, 6) is 2.11. The highest BCUT2D eigenvalue weighted by Gasteiger charge is 2.34. The first-order chi connectivity index (χ1) is 9.61. The zero-order valence-electron chi connectivity index (χ0n) is 13.4. The molecular weight excluding hydrogens is 248 g/mol. The summed E-state index contributed by atoms with van der Waals surface area (Å²) in [5.41, 5.74) is 6.44. The van der Waals surface area contributed by atoms with E-state index in [0.29, 0.717) is 18.0 Å². The van der Waals surface area contributed by atoms with Crippen molar-refractivity contribution in [2.75, 3.05) is 19.7 Å². The molecule has 0 aliphatic heterocycles. The first-order valence-electron chi connectivity index (χ1n) is 8.72. The Morgan fingerprint density at radius 3 is 2.40 bits per heavy atom.